The van der Waals surface area contributed by atoms with E-state index in [0.717, 1.165) is 10.7 Å². The molecule has 1 heterocycles. The molecule has 0 aromatic rings. The highest BCUT2D eigenvalue weighted by Gasteiger charge is 2.41. The van der Waals surface area contributed by atoms with Crippen molar-refractivity contribution in [1.29, 1.82) is 0 Å². The molecule has 90 valence electrons. The van der Waals surface area contributed by atoms with E-state index in [0.29, 0.717) is 11.7 Å². The molecule has 5 heteroatoms. The second kappa shape index (κ2) is 4.67. The molecular formula is C11H18N2OS2. The van der Waals surface area contributed by atoms with Gasteiger partial charge in [-0.2, -0.15) is 0 Å². The van der Waals surface area contributed by atoms with Crippen LogP contribution < -0.4 is 0 Å². The molecule has 0 atom stereocenters. The zero-order valence-electron chi connectivity index (χ0n) is 10.4. The van der Waals surface area contributed by atoms with E-state index < -0.39 is 0 Å². The lowest BCUT2D eigenvalue weighted by atomic mass is 9.86. The standard InChI is InChI=1S/C11H18N2OS2/c1-6-14-7-8-11(2,3)9(15)13(5)10(16)12(8)4/h7H,6H2,1-5H3/b8-7+. The summed E-state index contributed by atoms with van der Waals surface area (Å²) in [5.74, 6) is 0. The van der Waals surface area contributed by atoms with E-state index in [2.05, 4.69) is 13.8 Å². The van der Waals surface area contributed by atoms with Crippen LogP contribution in [0.15, 0.2) is 12.0 Å². The highest BCUT2D eigenvalue weighted by atomic mass is 32.1. The highest BCUT2D eigenvalue weighted by molar-refractivity contribution is 7.82. The normalized spacial score (nSPS) is 22.9. The van der Waals surface area contributed by atoms with Crippen LogP contribution in [0.1, 0.15) is 20.8 Å². The zero-order valence-corrected chi connectivity index (χ0v) is 12.0. The lowest BCUT2D eigenvalue weighted by molar-refractivity contribution is 0.245. The summed E-state index contributed by atoms with van der Waals surface area (Å²) in [6.07, 6.45) is 1.76. The predicted molar refractivity (Wildman–Crippen MR) is 74.2 cm³/mol. The van der Waals surface area contributed by atoms with Gasteiger partial charge in [0, 0.05) is 14.1 Å². The van der Waals surface area contributed by atoms with Gasteiger partial charge in [0.25, 0.3) is 0 Å². The van der Waals surface area contributed by atoms with Crippen LogP contribution in [0.5, 0.6) is 0 Å². The molecule has 0 radical (unpaired) electrons. The van der Waals surface area contributed by atoms with Gasteiger partial charge < -0.3 is 14.5 Å². The molecule has 1 aliphatic rings. The minimum Gasteiger partial charge on any atom is -0.500 e. The Labute approximate surface area is 108 Å². The summed E-state index contributed by atoms with van der Waals surface area (Å²) in [5, 5.41) is 0.704. The third-order valence-corrected chi connectivity index (χ3v) is 4.11. The second-order valence-electron chi connectivity index (χ2n) is 4.29. The van der Waals surface area contributed by atoms with Crippen molar-refractivity contribution in [2.75, 3.05) is 20.7 Å². The SMILES string of the molecule is CCO/C=C1/N(C)C(=S)N(C)C(=S)C1(C)C. The molecule has 1 fully saturated rings. The van der Waals surface area contributed by atoms with Gasteiger partial charge in [0.05, 0.1) is 22.7 Å². The molecule has 0 saturated carbocycles. The van der Waals surface area contributed by atoms with Gasteiger partial charge in [0.1, 0.15) is 6.26 Å². The van der Waals surface area contributed by atoms with Crippen molar-refractivity contribution < 1.29 is 4.74 Å². The summed E-state index contributed by atoms with van der Waals surface area (Å²) in [7, 11) is 3.84. The summed E-state index contributed by atoms with van der Waals surface area (Å²) < 4.78 is 5.37. The zero-order chi connectivity index (χ0) is 12.5. The largest absolute Gasteiger partial charge is 0.500 e. The van der Waals surface area contributed by atoms with Crippen molar-refractivity contribution in [1.82, 2.24) is 9.80 Å². The molecule has 0 aliphatic carbocycles. The van der Waals surface area contributed by atoms with Gasteiger partial charge >= 0.3 is 0 Å². The van der Waals surface area contributed by atoms with E-state index >= 15 is 0 Å². The lowest BCUT2D eigenvalue weighted by Crippen LogP contribution is -2.55. The molecule has 1 saturated heterocycles. The minimum absolute atomic E-state index is 0.240. The molecule has 0 unspecified atom stereocenters. The van der Waals surface area contributed by atoms with Gasteiger partial charge in [-0.1, -0.05) is 12.2 Å². The summed E-state index contributed by atoms with van der Waals surface area (Å²) in [4.78, 5) is 4.64. The fourth-order valence-corrected chi connectivity index (χ4v) is 2.19. The van der Waals surface area contributed by atoms with Crippen molar-refractivity contribution >= 4 is 34.5 Å². The minimum atomic E-state index is -0.240. The van der Waals surface area contributed by atoms with Crippen molar-refractivity contribution in [2.45, 2.75) is 20.8 Å². The van der Waals surface area contributed by atoms with Crippen LogP contribution >= 0.6 is 24.4 Å². The Morgan fingerprint density at radius 1 is 1.25 bits per heavy atom. The Morgan fingerprint density at radius 2 is 1.81 bits per heavy atom. The Bertz CT molecular complexity index is 350. The van der Waals surface area contributed by atoms with Crippen LogP contribution in [0.25, 0.3) is 0 Å². The third kappa shape index (κ3) is 2.06. The van der Waals surface area contributed by atoms with Crippen LogP contribution in [0.2, 0.25) is 0 Å². The van der Waals surface area contributed by atoms with Gasteiger partial charge in [-0.15, -0.1) is 0 Å². The predicted octanol–water partition coefficient (Wildman–Crippen LogP) is 2.38. The monoisotopic (exact) mass is 258 g/mol. The Morgan fingerprint density at radius 3 is 2.31 bits per heavy atom. The summed E-state index contributed by atoms with van der Waals surface area (Å²) >= 11 is 10.8. The van der Waals surface area contributed by atoms with Gasteiger partial charge in [0.2, 0.25) is 0 Å². The molecule has 16 heavy (non-hydrogen) atoms. The van der Waals surface area contributed by atoms with E-state index in [-0.39, 0.29) is 5.41 Å². The number of hydrogen-bond donors (Lipinski definition) is 0. The molecule has 0 aromatic carbocycles. The molecule has 0 aromatic heterocycles. The van der Waals surface area contributed by atoms with Crippen LogP contribution in [-0.4, -0.2) is 40.6 Å². The van der Waals surface area contributed by atoms with Crippen LogP contribution in [0.3, 0.4) is 0 Å². The maximum absolute atomic E-state index is 5.44. The highest BCUT2D eigenvalue weighted by Crippen LogP contribution is 2.36. The van der Waals surface area contributed by atoms with E-state index in [1.165, 1.54) is 0 Å². The van der Waals surface area contributed by atoms with E-state index in [1.807, 2.05) is 30.8 Å². The maximum atomic E-state index is 5.44. The molecule has 3 nitrogen and oxygen atoms in total. The first-order valence-corrected chi connectivity index (χ1v) is 6.03. The number of nitrogens with zero attached hydrogens (tertiary/aromatic N) is 2. The van der Waals surface area contributed by atoms with Crippen molar-refractivity contribution in [3.05, 3.63) is 12.0 Å². The molecular weight excluding hydrogens is 240 g/mol. The molecule has 1 rings (SSSR count). The van der Waals surface area contributed by atoms with Crippen molar-refractivity contribution in [3.63, 3.8) is 0 Å². The van der Waals surface area contributed by atoms with Crippen molar-refractivity contribution in [2.24, 2.45) is 5.41 Å². The van der Waals surface area contributed by atoms with Crippen LogP contribution in [0, 0.1) is 5.41 Å². The Balaban J connectivity index is 3.15. The first-order valence-electron chi connectivity index (χ1n) is 5.22. The van der Waals surface area contributed by atoms with E-state index in [4.69, 9.17) is 29.2 Å². The Hall–Kier alpha value is -0.680. The Kier molecular flexibility index (Phi) is 3.91. The summed E-state index contributed by atoms with van der Waals surface area (Å²) in [5.41, 5.74) is 0.763. The smallest absolute Gasteiger partial charge is 0.180 e. The van der Waals surface area contributed by atoms with Crippen molar-refractivity contribution in [3.8, 4) is 0 Å². The molecule has 1 aliphatic heterocycles. The molecule has 0 bridgehead atoms. The summed E-state index contributed by atoms with van der Waals surface area (Å²) in [6, 6.07) is 0. The average molecular weight is 258 g/mol. The second-order valence-corrected chi connectivity index (χ2v) is 5.04. The average Bonchev–Trinajstić information content (AvgIpc) is 2.24. The third-order valence-electron chi connectivity index (χ3n) is 2.78. The fourth-order valence-electron chi connectivity index (χ4n) is 1.75. The molecule has 0 amide bonds. The first kappa shape index (κ1) is 13.4. The maximum Gasteiger partial charge on any atom is 0.180 e. The first-order chi connectivity index (χ1) is 7.34. The van der Waals surface area contributed by atoms with Gasteiger partial charge in [-0.05, 0) is 33.0 Å². The summed E-state index contributed by atoms with van der Waals surface area (Å²) in [6.45, 7) is 6.75. The topological polar surface area (TPSA) is 15.7 Å². The van der Waals surface area contributed by atoms with Gasteiger partial charge in [-0.25, -0.2) is 0 Å². The number of hydrogen-bond acceptors (Lipinski definition) is 3. The number of thiocarbonyl (C=S) groups is 2. The van der Waals surface area contributed by atoms with Crippen LogP contribution in [-0.2, 0) is 4.74 Å². The van der Waals surface area contributed by atoms with E-state index in [9.17, 15) is 0 Å². The van der Waals surface area contributed by atoms with E-state index in [1.54, 1.807) is 6.26 Å². The number of ether oxygens (including phenoxy) is 1. The van der Waals surface area contributed by atoms with Crippen LogP contribution in [0.4, 0.5) is 0 Å². The van der Waals surface area contributed by atoms with Gasteiger partial charge in [-0.3, -0.25) is 0 Å². The quantitative estimate of drug-likeness (QED) is 0.556. The molecule has 0 spiro atoms. The number of rotatable bonds is 2. The van der Waals surface area contributed by atoms with Gasteiger partial charge in [0.15, 0.2) is 5.11 Å². The molecule has 0 N–H and O–H groups in total. The lowest BCUT2D eigenvalue weighted by Gasteiger charge is -2.45. The fraction of sp³-hybridized carbons (Fsp3) is 0.636.